The minimum Gasteiger partial charge on any atom is -0.457 e. The monoisotopic (exact) mass is 282 g/mol. The van der Waals surface area contributed by atoms with Crippen LogP contribution in [0.4, 0.5) is 5.69 Å². The van der Waals surface area contributed by atoms with Crippen molar-refractivity contribution in [1.29, 1.82) is 0 Å². The van der Waals surface area contributed by atoms with Crippen molar-refractivity contribution in [1.82, 2.24) is 0 Å². The fraction of sp³-hybridized carbons (Fsp3) is 0.125. The molecule has 0 saturated heterocycles. The van der Waals surface area contributed by atoms with E-state index >= 15 is 0 Å². The molecule has 21 heavy (non-hydrogen) atoms. The van der Waals surface area contributed by atoms with Crippen molar-refractivity contribution < 1.29 is 14.7 Å². The van der Waals surface area contributed by atoms with Crippen molar-refractivity contribution in [3.05, 3.63) is 65.2 Å². The lowest BCUT2D eigenvalue weighted by Gasteiger charge is -2.08. The number of nitrogens with zero attached hydrogens (tertiary/aromatic N) is 1. The van der Waals surface area contributed by atoms with Crippen molar-refractivity contribution in [3.8, 4) is 0 Å². The van der Waals surface area contributed by atoms with E-state index in [4.69, 9.17) is 9.94 Å². The molecule has 1 aliphatic heterocycles. The van der Waals surface area contributed by atoms with E-state index < -0.39 is 5.97 Å². The number of carbonyl (C=O) groups excluding carboxylic acids is 1. The van der Waals surface area contributed by atoms with Crippen LogP contribution < -0.4 is 5.32 Å². The molecular weight excluding hydrogens is 268 g/mol. The SMILES string of the molecule is O=C(OCc1ccccc1)c1cccc2c1NC/C2=N\O. The Morgan fingerprint density at radius 1 is 1.19 bits per heavy atom. The molecule has 1 aliphatic rings. The number of anilines is 1. The summed E-state index contributed by atoms with van der Waals surface area (Å²) in [6.45, 7) is 0.624. The van der Waals surface area contributed by atoms with Crippen LogP contribution in [0.25, 0.3) is 0 Å². The number of benzene rings is 2. The van der Waals surface area contributed by atoms with E-state index in [1.54, 1.807) is 18.2 Å². The molecule has 0 radical (unpaired) electrons. The van der Waals surface area contributed by atoms with Gasteiger partial charge in [0.15, 0.2) is 0 Å². The standard InChI is InChI=1S/C16H14N2O3/c19-16(21-10-11-5-2-1-3-6-11)13-8-4-7-12-14(18-20)9-17-15(12)13/h1-8,17,20H,9-10H2/b18-14+. The molecule has 1 heterocycles. The molecule has 0 bridgehead atoms. The first-order valence-corrected chi connectivity index (χ1v) is 6.59. The van der Waals surface area contributed by atoms with Crippen LogP contribution in [0.2, 0.25) is 0 Å². The van der Waals surface area contributed by atoms with E-state index in [9.17, 15) is 4.79 Å². The first kappa shape index (κ1) is 13.2. The Morgan fingerprint density at radius 3 is 2.76 bits per heavy atom. The van der Waals surface area contributed by atoms with Crippen molar-refractivity contribution in [2.45, 2.75) is 6.61 Å². The smallest absolute Gasteiger partial charge is 0.340 e. The first-order valence-electron chi connectivity index (χ1n) is 6.59. The van der Waals surface area contributed by atoms with E-state index in [2.05, 4.69) is 10.5 Å². The van der Waals surface area contributed by atoms with Crippen molar-refractivity contribution in [2.24, 2.45) is 5.16 Å². The fourth-order valence-corrected chi connectivity index (χ4v) is 2.31. The molecule has 106 valence electrons. The lowest BCUT2D eigenvalue weighted by Crippen LogP contribution is -2.08. The number of hydrogen-bond acceptors (Lipinski definition) is 5. The van der Waals surface area contributed by atoms with Gasteiger partial charge in [-0.05, 0) is 11.6 Å². The van der Waals surface area contributed by atoms with Gasteiger partial charge in [0.1, 0.15) is 12.3 Å². The molecule has 0 spiro atoms. The number of rotatable bonds is 3. The lowest BCUT2D eigenvalue weighted by molar-refractivity contribution is 0.0474. The van der Waals surface area contributed by atoms with Crippen LogP contribution in [0, 0.1) is 0 Å². The third kappa shape index (κ3) is 2.58. The van der Waals surface area contributed by atoms with E-state index in [1.165, 1.54) is 0 Å². The number of para-hydroxylation sites is 1. The van der Waals surface area contributed by atoms with Crippen molar-refractivity contribution in [2.75, 3.05) is 11.9 Å². The molecule has 2 aromatic rings. The number of oxime groups is 1. The zero-order valence-corrected chi connectivity index (χ0v) is 11.2. The average molecular weight is 282 g/mol. The quantitative estimate of drug-likeness (QED) is 0.516. The normalized spacial score (nSPS) is 14.6. The molecule has 0 saturated carbocycles. The maximum atomic E-state index is 12.2. The van der Waals surface area contributed by atoms with Crippen LogP contribution in [0.3, 0.4) is 0 Å². The van der Waals surface area contributed by atoms with Gasteiger partial charge in [0, 0.05) is 5.56 Å². The van der Waals surface area contributed by atoms with Crippen LogP contribution >= 0.6 is 0 Å². The van der Waals surface area contributed by atoms with Gasteiger partial charge in [0.05, 0.1) is 17.8 Å². The van der Waals surface area contributed by atoms with Crippen LogP contribution in [0.5, 0.6) is 0 Å². The van der Waals surface area contributed by atoms with Crippen LogP contribution in [0.1, 0.15) is 21.5 Å². The molecule has 2 N–H and O–H groups in total. The average Bonchev–Trinajstić information content (AvgIpc) is 2.96. The number of fused-ring (bicyclic) bond motifs is 1. The summed E-state index contributed by atoms with van der Waals surface area (Å²) in [4.78, 5) is 12.2. The summed E-state index contributed by atoms with van der Waals surface area (Å²) in [5.41, 5.74) is 3.28. The summed E-state index contributed by atoms with van der Waals surface area (Å²) in [7, 11) is 0. The number of hydrogen-bond donors (Lipinski definition) is 2. The Balaban J connectivity index is 1.79. The molecule has 0 fully saturated rings. The Labute approximate surface area is 121 Å². The Bertz CT molecular complexity index is 696. The molecular formula is C16H14N2O3. The highest BCUT2D eigenvalue weighted by Crippen LogP contribution is 2.27. The van der Waals surface area contributed by atoms with Gasteiger partial charge < -0.3 is 15.3 Å². The molecule has 0 aromatic heterocycles. The second-order valence-corrected chi connectivity index (χ2v) is 4.69. The number of nitrogens with one attached hydrogen (secondary N) is 1. The van der Waals surface area contributed by atoms with Crippen LogP contribution in [-0.4, -0.2) is 23.4 Å². The minimum absolute atomic E-state index is 0.226. The largest absolute Gasteiger partial charge is 0.457 e. The van der Waals surface area contributed by atoms with E-state index in [1.807, 2.05) is 30.3 Å². The fourth-order valence-electron chi connectivity index (χ4n) is 2.31. The Kier molecular flexibility index (Phi) is 3.55. The van der Waals surface area contributed by atoms with Gasteiger partial charge in [0.25, 0.3) is 0 Å². The van der Waals surface area contributed by atoms with Gasteiger partial charge >= 0.3 is 5.97 Å². The summed E-state index contributed by atoms with van der Waals surface area (Å²) < 4.78 is 5.33. The number of carbonyl (C=O) groups is 1. The highest BCUT2D eigenvalue weighted by molar-refractivity contribution is 6.15. The minimum atomic E-state index is -0.401. The predicted octanol–water partition coefficient (Wildman–Crippen LogP) is 2.65. The molecule has 0 unspecified atom stereocenters. The van der Waals surface area contributed by atoms with Crippen molar-refractivity contribution in [3.63, 3.8) is 0 Å². The zero-order valence-electron chi connectivity index (χ0n) is 11.2. The molecule has 5 nitrogen and oxygen atoms in total. The van der Waals surface area contributed by atoms with Gasteiger partial charge in [-0.1, -0.05) is 47.6 Å². The maximum Gasteiger partial charge on any atom is 0.340 e. The zero-order chi connectivity index (χ0) is 14.7. The highest BCUT2D eigenvalue weighted by atomic mass is 16.5. The highest BCUT2D eigenvalue weighted by Gasteiger charge is 2.24. The Morgan fingerprint density at radius 2 is 2.00 bits per heavy atom. The van der Waals surface area contributed by atoms with E-state index in [0.29, 0.717) is 23.5 Å². The third-order valence-electron chi connectivity index (χ3n) is 3.36. The topological polar surface area (TPSA) is 70.9 Å². The molecule has 2 aromatic carbocycles. The van der Waals surface area contributed by atoms with Crippen LogP contribution in [0.15, 0.2) is 53.7 Å². The number of esters is 1. The lowest BCUT2D eigenvalue weighted by atomic mass is 10.1. The second kappa shape index (κ2) is 5.66. The summed E-state index contributed by atoms with van der Waals surface area (Å²) in [5.74, 6) is -0.401. The van der Waals surface area contributed by atoms with Crippen LogP contribution in [-0.2, 0) is 11.3 Å². The molecule has 3 rings (SSSR count). The molecule has 0 amide bonds. The maximum absolute atomic E-state index is 12.2. The predicted molar refractivity (Wildman–Crippen MR) is 78.8 cm³/mol. The molecule has 0 atom stereocenters. The summed E-state index contributed by atoms with van der Waals surface area (Å²) in [5, 5.41) is 15.2. The molecule has 0 aliphatic carbocycles. The van der Waals surface area contributed by atoms with E-state index in [0.717, 1.165) is 11.1 Å². The van der Waals surface area contributed by atoms with Gasteiger partial charge in [-0.25, -0.2) is 4.79 Å². The van der Waals surface area contributed by atoms with Gasteiger partial charge in [0.2, 0.25) is 0 Å². The first-order chi connectivity index (χ1) is 10.3. The van der Waals surface area contributed by atoms with Gasteiger partial charge in [-0.2, -0.15) is 0 Å². The summed E-state index contributed by atoms with van der Waals surface area (Å²) in [6.07, 6.45) is 0. The van der Waals surface area contributed by atoms with Gasteiger partial charge in [-0.3, -0.25) is 0 Å². The third-order valence-corrected chi connectivity index (χ3v) is 3.36. The molecule has 5 heteroatoms. The summed E-state index contributed by atoms with van der Waals surface area (Å²) in [6, 6.07) is 14.8. The second-order valence-electron chi connectivity index (χ2n) is 4.69. The number of ether oxygens (including phenoxy) is 1. The van der Waals surface area contributed by atoms with E-state index in [-0.39, 0.29) is 6.61 Å². The van der Waals surface area contributed by atoms with Gasteiger partial charge in [-0.15, -0.1) is 0 Å². The van der Waals surface area contributed by atoms with Crippen molar-refractivity contribution >= 4 is 17.4 Å². The summed E-state index contributed by atoms with van der Waals surface area (Å²) >= 11 is 0. The Hall–Kier alpha value is -2.82.